The zero-order valence-electron chi connectivity index (χ0n) is 9.81. The van der Waals surface area contributed by atoms with Crippen molar-refractivity contribution in [2.24, 2.45) is 0 Å². The Bertz CT molecular complexity index is 382. The molecule has 1 aromatic rings. The molecule has 0 unspecified atom stereocenters. The van der Waals surface area contributed by atoms with E-state index in [1.165, 1.54) is 6.07 Å². The Morgan fingerprint density at radius 1 is 1.53 bits per heavy atom. The predicted molar refractivity (Wildman–Crippen MR) is 67.1 cm³/mol. The summed E-state index contributed by atoms with van der Waals surface area (Å²) in [4.78, 5) is 10.1. The van der Waals surface area contributed by atoms with Crippen LogP contribution in [-0.4, -0.2) is 24.7 Å². The fourth-order valence-electron chi connectivity index (χ4n) is 1.38. The first-order valence-electron chi connectivity index (χ1n) is 5.50. The maximum atomic E-state index is 10.6. The number of hydrogen-bond acceptors (Lipinski definition) is 5. The number of nitrogens with zero attached hydrogens (tertiary/aromatic N) is 1. The molecule has 0 heterocycles. The lowest BCUT2D eigenvalue weighted by molar-refractivity contribution is -0.383. The number of nitrogen functional groups attached to an aromatic ring is 1. The number of rotatable bonds is 7. The topological polar surface area (TPSA) is 90.4 Å². The van der Waals surface area contributed by atoms with Crippen LogP contribution in [0, 0.1) is 10.1 Å². The van der Waals surface area contributed by atoms with Crippen molar-refractivity contribution in [2.75, 3.05) is 30.8 Å². The predicted octanol–water partition coefficient (Wildman–Crippen LogP) is 2.02. The summed E-state index contributed by atoms with van der Waals surface area (Å²) >= 11 is 0. The summed E-state index contributed by atoms with van der Waals surface area (Å²) in [6.07, 6.45) is 0.880. The van der Waals surface area contributed by atoms with Crippen LogP contribution in [0.2, 0.25) is 0 Å². The summed E-state index contributed by atoms with van der Waals surface area (Å²) in [7, 11) is 0. The summed E-state index contributed by atoms with van der Waals surface area (Å²) in [5.41, 5.74) is 6.46. The second kappa shape index (κ2) is 6.70. The zero-order chi connectivity index (χ0) is 12.7. The van der Waals surface area contributed by atoms with Gasteiger partial charge in [-0.3, -0.25) is 10.1 Å². The van der Waals surface area contributed by atoms with Gasteiger partial charge in [0.1, 0.15) is 5.69 Å². The monoisotopic (exact) mass is 239 g/mol. The minimum absolute atomic E-state index is 0.0649. The van der Waals surface area contributed by atoms with Gasteiger partial charge in [-0.05, 0) is 25.5 Å². The standard InChI is InChI=1S/C11H17N3O3/c1-2-17-7-3-6-13-9-4-5-11(14(15)16)10(12)8-9/h4-5,8,13H,2-3,6-7,12H2,1H3. The van der Waals surface area contributed by atoms with Crippen LogP contribution < -0.4 is 11.1 Å². The number of ether oxygens (including phenoxy) is 1. The normalized spacial score (nSPS) is 10.2. The minimum atomic E-state index is -0.492. The lowest BCUT2D eigenvalue weighted by Crippen LogP contribution is -2.06. The SMILES string of the molecule is CCOCCCNc1ccc([N+](=O)[O-])c(N)c1. The molecule has 0 aliphatic heterocycles. The molecule has 17 heavy (non-hydrogen) atoms. The highest BCUT2D eigenvalue weighted by Crippen LogP contribution is 2.24. The summed E-state index contributed by atoms with van der Waals surface area (Å²) in [6.45, 7) is 4.11. The van der Waals surface area contributed by atoms with Crippen molar-refractivity contribution in [3.63, 3.8) is 0 Å². The minimum Gasteiger partial charge on any atom is -0.393 e. The molecule has 0 aliphatic rings. The highest BCUT2D eigenvalue weighted by atomic mass is 16.6. The summed E-state index contributed by atoms with van der Waals surface area (Å²) in [5.74, 6) is 0. The van der Waals surface area contributed by atoms with Crippen molar-refractivity contribution >= 4 is 17.1 Å². The van der Waals surface area contributed by atoms with Crippen molar-refractivity contribution in [1.82, 2.24) is 0 Å². The van der Waals surface area contributed by atoms with E-state index in [0.717, 1.165) is 18.7 Å². The Morgan fingerprint density at radius 3 is 2.88 bits per heavy atom. The molecule has 0 fully saturated rings. The third-order valence-electron chi connectivity index (χ3n) is 2.22. The Hall–Kier alpha value is -1.82. The molecule has 6 heteroatoms. The van der Waals surface area contributed by atoms with Crippen LogP contribution in [0.25, 0.3) is 0 Å². The van der Waals surface area contributed by atoms with Crippen molar-refractivity contribution < 1.29 is 9.66 Å². The van der Waals surface area contributed by atoms with Crippen LogP contribution in [-0.2, 0) is 4.74 Å². The van der Waals surface area contributed by atoms with Gasteiger partial charge in [-0.15, -0.1) is 0 Å². The average molecular weight is 239 g/mol. The van der Waals surface area contributed by atoms with Crippen molar-refractivity contribution in [3.8, 4) is 0 Å². The molecule has 0 saturated heterocycles. The Balaban J connectivity index is 2.45. The highest BCUT2D eigenvalue weighted by molar-refractivity contribution is 5.65. The third kappa shape index (κ3) is 4.28. The van der Waals surface area contributed by atoms with Crippen LogP contribution in [0.1, 0.15) is 13.3 Å². The van der Waals surface area contributed by atoms with E-state index in [-0.39, 0.29) is 11.4 Å². The van der Waals surface area contributed by atoms with E-state index in [1.54, 1.807) is 12.1 Å². The average Bonchev–Trinajstić information content (AvgIpc) is 2.28. The molecule has 0 aliphatic carbocycles. The van der Waals surface area contributed by atoms with Crippen molar-refractivity contribution in [3.05, 3.63) is 28.3 Å². The van der Waals surface area contributed by atoms with E-state index < -0.39 is 4.92 Å². The first kappa shape index (κ1) is 13.2. The number of hydrogen-bond donors (Lipinski definition) is 2. The van der Waals surface area contributed by atoms with Crippen molar-refractivity contribution in [1.29, 1.82) is 0 Å². The van der Waals surface area contributed by atoms with Gasteiger partial charge in [0.05, 0.1) is 4.92 Å². The molecule has 1 aromatic carbocycles. The van der Waals surface area contributed by atoms with Gasteiger partial charge in [-0.2, -0.15) is 0 Å². The van der Waals surface area contributed by atoms with E-state index >= 15 is 0 Å². The smallest absolute Gasteiger partial charge is 0.292 e. The second-order valence-electron chi connectivity index (χ2n) is 3.51. The molecule has 0 radical (unpaired) electrons. The van der Waals surface area contributed by atoms with Crippen LogP contribution in [0.15, 0.2) is 18.2 Å². The summed E-state index contributed by atoms with van der Waals surface area (Å²) < 4.78 is 5.19. The molecule has 0 atom stereocenters. The first-order valence-corrected chi connectivity index (χ1v) is 5.50. The van der Waals surface area contributed by atoms with Gasteiger partial charge in [-0.1, -0.05) is 0 Å². The second-order valence-corrected chi connectivity index (χ2v) is 3.51. The number of nitrogens with two attached hydrogens (primary N) is 1. The van der Waals surface area contributed by atoms with Gasteiger partial charge >= 0.3 is 0 Å². The number of anilines is 2. The van der Waals surface area contributed by atoms with Crippen LogP contribution in [0.4, 0.5) is 17.1 Å². The van der Waals surface area contributed by atoms with E-state index in [0.29, 0.717) is 13.2 Å². The maximum Gasteiger partial charge on any atom is 0.292 e. The molecule has 0 aromatic heterocycles. The quantitative estimate of drug-likeness (QED) is 0.329. The fraction of sp³-hybridized carbons (Fsp3) is 0.455. The molecule has 0 spiro atoms. The van der Waals surface area contributed by atoms with Gasteiger partial charge in [0.15, 0.2) is 0 Å². The van der Waals surface area contributed by atoms with Gasteiger partial charge < -0.3 is 15.8 Å². The van der Waals surface area contributed by atoms with Crippen LogP contribution in [0.5, 0.6) is 0 Å². The van der Waals surface area contributed by atoms with Crippen LogP contribution >= 0.6 is 0 Å². The Labute approximate surface area is 99.9 Å². The largest absolute Gasteiger partial charge is 0.393 e. The molecule has 3 N–H and O–H groups in total. The van der Waals surface area contributed by atoms with Crippen molar-refractivity contribution in [2.45, 2.75) is 13.3 Å². The van der Waals surface area contributed by atoms with Crippen LogP contribution in [0.3, 0.4) is 0 Å². The first-order chi connectivity index (χ1) is 8.15. The molecule has 94 valence electrons. The summed E-state index contributed by atoms with van der Waals surface area (Å²) in [5, 5.41) is 13.7. The highest BCUT2D eigenvalue weighted by Gasteiger charge is 2.10. The van der Waals surface area contributed by atoms with E-state index in [9.17, 15) is 10.1 Å². The lowest BCUT2D eigenvalue weighted by atomic mass is 10.2. The molecular weight excluding hydrogens is 222 g/mol. The summed E-state index contributed by atoms with van der Waals surface area (Å²) in [6, 6.07) is 4.62. The number of nitro benzene ring substituents is 1. The van der Waals surface area contributed by atoms with Gasteiger partial charge in [0.2, 0.25) is 0 Å². The van der Waals surface area contributed by atoms with E-state index in [2.05, 4.69) is 5.32 Å². The molecule has 1 rings (SSSR count). The fourth-order valence-corrected chi connectivity index (χ4v) is 1.38. The molecule has 0 saturated carbocycles. The molecule has 0 amide bonds. The Kier molecular flexibility index (Phi) is 5.22. The third-order valence-corrected chi connectivity index (χ3v) is 2.22. The zero-order valence-corrected chi connectivity index (χ0v) is 9.81. The van der Waals surface area contributed by atoms with E-state index in [1.807, 2.05) is 6.92 Å². The molecule has 0 bridgehead atoms. The van der Waals surface area contributed by atoms with Gasteiger partial charge in [0, 0.05) is 31.5 Å². The number of nitrogens with one attached hydrogen (secondary N) is 1. The molecular formula is C11H17N3O3. The maximum absolute atomic E-state index is 10.6. The number of nitro groups is 1. The van der Waals surface area contributed by atoms with Gasteiger partial charge in [-0.25, -0.2) is 0 Å². The van der Waals surface area contributed by atoms with E-state index in [4.69, 9.17) is 10.5 Å². The van der Waals surface area contributed by atoms with Gasteiger partial charge in [0.25, 0.3) is 5.69 Å². The Morgan fingerprint density at radius 2 is 2.29 bits per heavy atom. The number of benzene rings is 1. The lowest BCUT2D eigenvalue weighted by Gasteiger charge is -2.07. The molecule has 6 nitrogen and oxygen atoms in total.